The zero-order valence-corrected chi connectivity index (χ0v) is 20.4. The minimum atomic E-state index is -4.99. The van der Waals surface area contributed by atoms with Gasteiger partial charge in [-0.3, -0.25) is 14.6 Å². The van der Waals surface area contributed by atoms with E-state index in [9.17, 15) is 35.9 Å². The van der Waals surface area contributed by atoms with Crippen molar-refractivity contribution in [3.05, 3.63) is 101 Å². The lowest BCUT2D eigenvalue weighted by molar-refractivity contribution is -0.143. The van der Waals surface area contributed by atoms with Crippen molar-refractivity contribution in [2.24, 2.45) is 0 Å². The minimum Gasteiger partial charge on any atom is -0.361 e. The van der Waals surface area contributed by atoms with Crippen LogP contribution >= 0.6 is 0 Å². The number of carbonyl (C=O) groups excluding carboxylic acids is 2. The number of pyridine rings is 1. The number of para-hydroxylation sites is 1. The van der Waals surface area contributed by atoms with Crippen LogP contribution in [-0.4, -0.2) is 27.7 Å². The fourth-order valence-corrected chi connectivity index (χ4v) is 4.30. The lowest BCUT2D eigenvalue weighted by Gasteiger charge is -2.19. The number of hydrogen-bond acceptors (Lipinski definition) is 3. The van der Waals surface area contributed by atoms with Crippen molar-refractivity contribution >= 4 is 22.6 Å². The topological polar surface area (TPSA) is 74.8 Å². The molecule has 0 fully saturated rings. The van der Waals surface area contributed by atoms with Crippen LogP contribution in [0, 0.1) is 0 Å². The van der Waals surface area contributed by atoms with Crippen LogP contribution in [0.3, 0.4) is 0 Å². The summed E-state index contributed by atoms with van der Waals surface area (Å²) in [5.41, 5.74) is -0.970. The minimum absolute atomic E-state index is 0.0389. The quantitative estimate of drug-likeness (QED) is 0.250. The second kappa shape index (κ2) is 11.3. The number of hydrogen-bond donors (Lipinski definition) is 2. The van der Waals surface area contributed by atoms with Gasteiger partial charge < -0.3 is 10.3 Å². The number of fused-ring (bicyclic) bond motifs is 1. The molecule has 0 aliphatic heterocycles. The first-order valence-electron chi connectivity index (χ1n) is 11.9. The Morgan fingerprint density at radius 1 is 0.872 bits per heavy atom. The fourth-order valence-electron chi connectivity index (χ4n) is 4.30. The van der Waals surface area contributed by atoms with Gasteiger partial charge in [0.25, 0.3) is 0 Å². The Balaban J connectivity index is 1.55. The molecule has 0 unspecified atom stereocenters. The van der Waals surface area contributed by atoms with Crippen molar-refractivity contribution in [2.75, 3.05) is 0 Å². The predicted octanol–water partition coefficient (Wildman–Crippen LogP) is 6.07. The summed E-state index contributed by atoms with van der Waals surface area (Å²) in [6.07, 6.45) is -5.94. The Hall–Kier alpha value is -4.15. The van der Waals surface area contributed by atoms with Gasteiger partial charge in [-0.05, 0) is 59.5 Å². The molecule has 2 aromatic carbocycles. The lowest BCUT2D eigenvalue weighted by atomic mass is 9.95. The summed E-state index contributed by atoms with van der Waals surface area (Å²) in [6, 6.07) is 10.8. The van der Waals surface area contributed by atoms with Crippen LogP contribution in [0.1, 0.15) is 34.2 Å². The number of halogens is 6. The van der Waals surface area contributed by atoms with Crippen LogP contribution in [0.2, 0.25) is 0 Å². The number of ketones is 1. The standard InChI is InChI=1S/C28H23F6N3O2/c29-27(30,31)20-11-18(12-21(15-20)28(32,33)34)5-6-25(38)24(37-26(39)13-17-7-9-35-10-8-17)14-19-16-36-23-4-2-1-3-22(19)23/h1-4,7-12,15-16,24,36H,5-6,13-14H2,(H,37,39)/t24-/m0/s1. The Labute approximate surface area is 219 Å². The van der Waals surface area contributed by atoms with Crippen LogP contribution in [0.4, 0.5) is 26.3 Å². The van der Waals surface area contributed by atoms with E-state index in [0.717, 1.165) is 16.5 Å². The Morgan fingerprint density at radius 2 is 1.51 bits per heavy atom. The molecule has 2 aromatic heterocycles. The number of nitrogens with one attached hydrogen (secondary N) is 2. The third-order valence-corrected chi connectivity index (χ3v) is 6.24. The van der Waals surface area contributed by atoms with Gasteiger partial charge in [-0.25, -0.2) is 0 Å². The van der Waals surface area contributed by atoms with Gasteiger partial charge >= 0.3 is 12.4 Å². The van der Waals surface area contributed by atoms with Crippen molar-refractivity contribution in [1.82, 2.24) is 15.3 Å². The molecule has 1 amide bonds. The van der Waals surface area contributed by atoms with Gasteiger partial charge in [0.1, 0.15) is 0 Å². The van der Waals surface area contributed by atoms with Crippen molar-refractivity contribution in [3.63, 3.8) is 0 Å². The van der Waals surface area contributed by atoms with Gasteiger partial charge in [0.2, 0.25) is 5.91 Å². The zero-order valence-electron chi connectivity index (χ0n) is 20.4. The molecule has 2 N–H and O–H groups in total. The highest BCUT2D eigenvalue weighted by atomic mass is 19.4. The summed E-state index contributed by atoms with van der Waals surface area (Å²) in [4.78, 5) is 33.0. The summed E-state index contributed by atoms with van der Waals surface area (Å²) in [5.74, 6) is -0.979. The first kappa shape index (κ1) is 27.9. The van der Waals surface area contributed by atoms with E-state index in [-0.39, 0.29) is 37.3 Å². The molecule has 4 aromatic rings. The number of amides is 1. The molecule has 4 rings (SSSR count). The van der Waals surface area contributed by atoms with E-state index in [2.05, 4.69) is 15.3 Å². The Morgan fingerprint density at radius 3 is 2.15 bits per heavy atom. The molecule has 0 aliphatic carbocycles. The maximum Gasteiger partial charge on any atom is 0.416 e. The van der Waals surface area contributed by atoms with Gasteiger partial charge in [0, 0.05) is 42.3 Å². The number of aromatic nitrogens is 2. The number of carbonyl (C=O) groups is 2. The van der Waals surface area contributed by atoms with Gasteiger partial charge in [-0.2, -0.15) is 26.3 Å². The first-order valence-corrected chi connectivity index (χ1v) is 11.9. The molecule has 0 bridgehead atoms. The summed E-state index contributed by atoms with van der Waals surface area (Å²) >= 11 is 0. The van der Waals surface area contributed by atoms with E-state index in [0.29, 0.717) is 17.7 Å². The molecule has 2 heterocycles. The van der Waals surface area contributed by atoms with Crippen LogP contribution in [-0.2, 0) is 41.2 Å². The molecule has 11 heteroatoms. The van der Waals surface area contributed by atoms with Gasteiger partial charge in [-0.15, -0.1) is 0 Å². The van der Waals surface area contributed by atoms with Crippen LogP contribution < -0.4 is 5.32 Å². The van der Waals surface area contributed by atoms with E-state index < -0.39 is 41.2 Å². The average Bonchev–Trinajstić information content (AvgIpc) is 3.29. The van der Waals surface area contributed by atoms with Crippen molar-refractivity contribution in [3.8, 4) is 0 Å². The monoisotopic (exact) mass is 547 g/mol. The summed E-state index contributed by atoms with van der Waals surface area (Å²) in [7, 11) is 0. The maximum absolute atomic E-state index is 13.3. The lowest BCUT2D eigenvalue weighted by Crippen LogP contribution is -2.43. The molecule has 0 radical (unpaired) electrons. The third-order valence-electron chi connectivity index (χ3n) is 6.24. The fraction of sp³-hybridized carbons (Fsp3) is 0.250. The molecular formula is C28H23F6N3O2. The highest BCUT2D eigenvalue weighted by Gasteiger charge is 2.37. The molecule has 0 saturated heterocycles. The van der Waals surface area contributed by atoms with Crippen LogP contribution in [0.25, 0.3) is 10.9 Å². The third kappa shape index (κ3) is 7.24. The Kier molecular flexibility index (Phi) is 8.08. The van der Waals surface area contributed by atoms with Crippen molar-refractivity contribution < 1.29 is 35.9 Å². The summed E-state index contributed by atoms with van der Waals surface area (Å²) in [6.45, 7) is 0. The van der Waals surface area contributed by atoms with Crippen LogP contribution in [0.15, 0.2) is 73.2 Å². The Bertz CT molecular complexity index is 1430. The van der Waals surface area contributed by atoms with E-state index in [1.54, 1.807) is 18.3 Å². The number of alkyl halides is 6. The van der Waals surface area contributed by atoms with Crippen molar-refractivity contribution in [2.45, 2.75) is 44.1 Å². The molecule has 39 heavy (non-hydrogen) atoms. The summed E-state index contributed by atoms with van der Waals surface area (Å²) < 4.78 is 79.4. The number of aryl methyl sites for hydroxylation is 1. The van der Waals surface area contributed by atoms with E-state index in [1.807, 2.05) is 24.3 Å². The van der Waals surface area contributed by atoms with Gasteiger partial charge in [0.05, 0.1) is 23.6 Å². The molecule has 5 nitrogen and oxygen atoms in total. The largest absolute Gasteiger partial charge is 0.416 e. The smallest absolute Gasteiger partial charge is 0.361 e. The van der Waals surface area contributed by atoms with E-state index >= 15 is 0 Å². The second-order valence-electron chi connectivity index (χ2n) is 9.10. The molecule has 204 valence electrons. The molecule has 0 saturated carbocycles. The average molecular weight is 547 g/mol. The highest BCUT2D eigenvalue weighted by molar-refractivity contribution is 5.91. The second-order valence-corrected chi connectivity index (χ2v) is 9.10. The SMILES string of the molecule is O=C(Cc1ccncc1)N[C@@H](Cc1c[nH]c2ccccc12)C(=O)CCc1cc(C(F)(F)F)cc(C(F)(F)F)c1. The molecular weight excluding hydrogens is 524 g/mol. The number of benzene rings is 2. The number of H-pyrrole nitrogens is 1. The maximum atomic E-state index is 13.3. The van der Waals surface area contributed by atoms with Crippen molar-refractivity contribution in [1.29, 1.82) is 0 Å². The normalized spacial score (nSPS) is 12.9. The predicted molar refractivity (Wildman–Crippen MR) is 132 cm³/mol. The first-order chi connectivity index (χ1) is 18.4. The number of nitrogens with zero attached hydrogens (tertiary/aromatic N) is 1. The molecule has 0 spiro atoms. The number of Topliss-reactive ketones (excluding diaryl/α,β-unsaturated/α-hetero) is 1. The van der Waals surface area contributed by atoms with Gasteiger partial charge in [-0.1, -0.05) is 18.2 Å². The highest BCUT2D eigenvalue weighted by Crippen LogP contribution is 2.36. The number of aromatic amines is 1. The number of rotatable bonds is 9. The van der Waals surface area contributed by atoms with Gasteiger partial charge in [0.15, 0.2) is 5.78 Å². The molecule has 1 atom stereocenters. The van der Waals surface area contributed by atoms with E-state index in [1.165, 1.54) is 12.4 Å². The van der Waals surface area contributed by atoms with E-state index in [4.69, 9.17) is 0 Å². The zero-order chi connectivity index (χ0) is 28.2. The van der Waals surface area contributed by atoms with Crippen LogP contribution in [0.5, 0.6) is 0 Å². The molecule has 0 aliphatic rings. The summed E-state index contributed by atoms with van der Waals surface area (Å²) in [5, 5.41) is 3.52.